The first-order valence-corrected chi connectivity index (χ1v) is 4.93. The minimum atomic E-state index is 0.165. The summed E-state index contributed by atoms with van der Waals surface area (Å²) in [7, 11) is 2.14. The Hall–Kier alpha value is -1.32. The quantitative estimate of drug-likeness (QED) is 0.435. The van der Waals surface area contributed by atoms with Crippen molar-refractivity contribution < 1.29 is 0 Å². The first-order valence-electron chi connectivity index (χ1n) is 4.93. The third-order valence-electron chi connectivity index (χ3n) is 1.99. The second-order valence-corrected chi connectivity index (χ2v) is 3.36. The van der Waals surface area contributed by atoms with Crippen molar-refractivity contribution in [3.63, 3.8) is 0 Å². The summed E-state index contributed by atoms with van der Waals surface area (Å²) < 4.78 is 0. The summed E-state index contributed by atoms with van der Waals surface area (Å²) in [4.78, 5) is 8.48. The van der Waals surface area contributed by atoms with Gasteiger partial charge in [0.2, 0.25) is 0 Å². The number of aromatic nitrogens is 1. The largest absolute Gasteiger partial charge is 0.388 e. The highest BCUT2D eigenvalue weighted by Crippen LogP contribution is 2.21. The van der Waals surface area contributed by atoms with E-state index < -0.39 is 0 Å². The monoisotopic (exact) mass is 189 g/mol. The van der Waals surface area contributed by atoms with Gasteiger partial charge >= 0.3 is 0 Å². The van der Waals surface area contributed by atoms with Crippen LogP contribution in [0.1, 0.15) is 24.9 Å². The predicted molar refractivity (Wildman–Crippen MR) is 62.2 cm³/mol. The lowest BCUT2D eigenvalue weighted by Crippen LogP contribution is -2.09. The van der Waals surface area contributed by atoms with Crippen molar-refractivity contribution in [1.82, 2.24) is 4.98 Å². The Morgan fingerprint density at radius 3 is 3.00 bits per heavy atom. The molecule has 0 aliphatic heterocycles. The summed E-state index contributed by atoms with van der Waals surface area (Å²) in [6.45, 7) is 1.82. The van der Waals surface area contributed by atoms with Crippen LogP contribution >= 0.6 is 0 Å². The topological polar surface area (TPSA) is 51.3 Å². The van der Waals surface area contributed by atoms with Gasteiger partial charge in [-0.1, -0.05) is 12.4 Å². The molecule has 14 heavy (non-hydrogen) atoms. The SMILES string of the molecule is BCCC(/N=C(/C)N)c1cccnc1. The third kappa shape index (κ3) is 3.20. The van der Waals surface area contributed by atoms with Crippen LogP contribution in [-0.4, -0.2) is 18.7 Å². The molecule has 0 aliphatic rings. The van der Waals surface area contributed by atoms with Crippen LogP contribution < -0.4 is 5.73 Å². The molecule has 4 heteroatoms. The molecule has 0 saturated heterocycles. The molecule has 74 valence electrons. The number of nitrogens with two attached hydrogens (primary N) is 1. The van der Waals surface area contributed by atoms with Crippen LogP contribution in [0, 0.1) is 0 Å². The molecule has 1 aromatic rings. The average Bonchev–Trinajstić information content (AvgIpc) is 2.18. The fourth-order valence-electron chi connectivity index (χ4n) is 1.40. The number of hydrogen-bond donors (Lipinski definition) is 1. The van der Waals surface area contributed by atoms with Gasteiger partial charge in [-0.25, -0.2) is 0 Å². The van der Waals surface area contributed by atoms with Crippen LogP contribution in [0.2, 0.25) is 6.32 Å². The number of pyridine rings is 1. The van der Waals surface area contributed by atoms with Crippen molar-refractivity contribution in [2.75, 3.05) is 0 Å². The lowest BCUT2D eigenvalue weighted by atomic mass is 9.95. The average molecular weight is 189 g/mol. The van der Waals surface area contributed by atoms with Crippen LogP contribution in [0.25, 0.3) is 0 Å². The van der Waals surface area contributed by atoms with Crippen molar-refractivity contribution in [2.45, 2.75) is 25.7 Å². The minimum Gasteiger partial charge on any atom is -0.388 e. The van der Waals surface area contributed by atoms with Gasteiger partial charge in [0.1, 0.15) is 7.85 Å². The van der Waals surface area contributed by atoms with Crippen molar-refractivity contribution in [3.8, 4) is 0 Å². The van der Waals surface area contributed by atoms with E-state index in [1.54, 1.807) is 6.20 Å². The van der Waals surface area contributed by atoms with Crippen LogP contribution in [0.4, 0.5) is 0 Å². The van der Waals surface area contributed by atoms with E-state index in [1.165, 1.54) is 0 Å². The van der Waals surface area contributed by atoms with E-state index in [4.69, 9.17) is 5.73 Å². The standard InChI is InChI=1S/C10H16BN3/c1-8(12)14-10(4-5-11)9-3-2-6-13-7-9/h2-3,6-7,10H,4-5,11H2,1H3,(H2,12,14). The number of hydrogen-bond acceptors (Lipinski definition) is 2. The Morgan fingerprint density at radius 2 is 2.50 bits per heavy atom. The first kappa shape index (κ1) is 10.8. The summed E-state index contributed by atoms with van der Waals surface area (Å²) in [5, 5.41) is 0. The fourth-order valence-corrected chi connectivity index (χ4v) is 1.40. The molecule has 0 radical (unpaired) electrons. The molecule has 0 bridgehead atoms. The molecule has 0 amide bonds. The zero-order valence-electron chi connectivity index (χ0n) is 8.77. The molecule has 0 spiro atoms. The van der Waals surface area contributed by atoms with Gasteiger partial charge in [0.05, 0.1) is 11.9 Å². The normalized spacial score (nSPS) is 13.9. The van der Waals surface area contributed by atoms with Gasteiger partial charge < -0.3 is 5.73 Å². The molecule has 1 unspecified atom stereocenters. The van der Waals surface area contributed by atoms with Crippen LogP contribution in [0.5, 0.6) is 0 Å². The Labute approximate surface area is 85.9 Å². The summed E-state index contributed by atoms with van der Waals surface area (Å²) in [6, 6.07) is 4.14. The molecule has 3 nitrogen and oxygen atoms in total. The summed E-state index contributed by atoms with van der Waals surface area (Å²) in [6.07, 6.45) is 5.73. The lowest BCUT2D eigenvalue weighted by Gasteiger charge is -2.11. The Kier molecular flexibility index (Phi) is 4.17. The molecule has 1 heterocycles. The van der Waals surface area contributed by atoms with Gasteiger partial charge in [0, 0.05) is 12.4 Å². The van der Waals surface area contributed by atoms with Gasteiger partial charge in [-0.05, 0) is 25.0 Å². The summed E-state index contributed by atoms with van der Waals surface area (Å²) >= 11 is 0. The molecule has 1 aromatic heterocycles. The fraction of sp³-hybridized carbons (Fsp3) is 0.400. The molecule has 0 fully saturated rings. The molecule has 2 N–H and O–H groups in total. The van der Waals surface area contributed by atoms with Gasteiger partial charge in [-0.3, -0.25) is 9.98 Å². The van der Waals surface area contributed by atoms with Gasteiger partial charge in [-0.2, -0.15) is 0 Å². The van der Waals surface area contributed by atoms with E-state index in [-0.39, 0.29) is 6.04 Å². The molecular formula is C10H16BN3. The Balaban J connectivity index is 2.83. The predicted octanol–water partition coefficient (Wildman–Crippen LogP) is 0.941. The number of rotatable bonds is 4. The highest BCUT2D eigenvalue weighted by Gasteiger charge is 2.08. The second-order valence-electron chi connectivity index (χ2n) is 3.36. The van der Waals surface area contributed by atoms with Crippen LogP contribution in [0.3, 0.4) is 0 Å². The van der Waals surface area contributed by atoms with Gasteiger partial charge in [0.15, 0.2) is 0 Å². The second kappa shape index (κ2) is 5.42. The van der Waals surface area contributed by atoms with E-state index in [0.717, 1.165) is 18.3 Å². The van der Waals surface area contributed by atoms with E-state index in [2.05, 4.69) is 17.8 Å². The lowest BCUT2D eigenvalue weighted by molar-refractivity contribution is 0.696. The van der Waals surface area contributed by atoms with Crippen molar-refractivity contribution in [1.29, 1.82) is 0 Å². The number of amidine groups is 1. The van der Waals surface area contributed by atoms with Crippen LogP contribution in [0.15, 0.2) is 29.5 Å². The maximum absolute atomic E-state index is 5.59. The molecule has 0 aromatic carbocycles. The van der Waals surface area contributed by atoms with Crippen molar-refractivity contribution >= 4 is 13.7 Å². The summed E-state index contributed by atoms with van der Waals surface area (Å²) in [5.41, 5.74) is 6.73. The summed E-state index contributed by atoms with van der Waals surface area (Å²) in [5.74, 6) is 0.632. The highest BCUT2D eigenvalue weighted by molar-refractivity contribution is 6.08. The molecule has 0 saturated carbocycles. The zero-order valence-corrected chi connectivity index (χ0v) is 8.77. The smallest absolute Gasteiger partial charge is 0.101 e. The van der Waals surface area contributed by atoms with Crippen LogP contribution in [-0.2, 0) is 0 Å². The molecule has 1 atom stereocenters. The van der Waals surface area contributed by atoms with Gasteiger partial charge in [-0.15, -0.1) is 0 Å². The Morgan fingerprint density at radius 1 is 1.71 bits per heavy atom. The molecule has 1 rings (SSSR count). The van der Waals surface area contributed by atoms with Crippen molar-refractivity contribution in [3.05, 3.63) is 30.1 Å². The number of aliphatic imine (C=N–C) groups is 1. The molecular weight excluding hydrogens is 173 g/mol. The van der Waals surface area contributed by atoms with E-state index in [0.29, 0.717) is 5.84 Å². The zero-order chi connectivity index (χ0) is 10.4. The van der Waals surface area contributed by atoms with Gasteiger partial charge in [0.25, 0.3) is 0 Å². The van der Waals surface area contributed by atoms with Crippen molar-refractivity contribution in [2.24, 2.45) is 10.7 Å². The third-order valence-corrected chi connectivity index (χ3v) is 1.99. The van der Waals surface area contributed by atoms with E-state index in [1.807, 2.05) is 25.3 Å². The minimum absolute atomic E-state index is 0.165. The molecule has 0 aliphatic carbocycles. The maximum atomic E-state index is 5.59. The highest BCUT2D eigenvalue weighted by atomic mass is 14.9. The van der Waals surface area contributed by atoms with E-state index in [9.17, 15) is 0 Å². The first-order chi connectivity index (χ1) is 6.74. The maximum Gasteiger partial charge on any atom is 0.101 e. The Bertz CT molecular complexity index is 293. The number of nitrogens with zero attached hydrogens (tertiary/aromatic N) is 2. The van der Waals surface area contributed by atoms with E-state index >= 15 is 0 Å².